The first kappa shape index (κ1) is 22.0. The van der Waals surface area contributed by atoms with Crippen LogP contribution in [0.2, 0.25) is 0 Å². The molecule has 0 fully saturated rings. The zero-order valence-corrected chi connectivity index (χ0v) is 17.3. The number of rotatable bonds is 10. The minimum absolute atomic E-state index is 0.131. The van der Waals surface area contributed by atoms with Gasteiger partial charge in [0.25, 0.3) is 5.91 Å². The topological polar surface area (TPSA) is 92.8 Å². The second-order valence-corrected chi connectivity index (χ2v) is 6.37. The fourth-order valence-corrected chi connectivity index (χ4v) is 2.68. The first-order valence-corrected chi connectivity index (χ1v) is 9.52. The van der Waals surface area contributed by atoms with Crippen molar-refractivity contribution in [3.8, 4) is 11.5 Å². The van der Waals surface area contributed by atoms with Gasteiger partial charge in [0.05, 0.1) is 19.8 Å². The zero-order chi connectivity index (χ0) is 21.2. The van der Waals surface area contributed by atoms with E-state index in [1.54, 1.807) is 24.4 Å². The lowest BCUT2D eigenvalue weighted by Crippen LogP contribution is -2.36. The fraction of sp³-hybridized carbons (Fsp3) is 0.381. The lowest BCUT2D eigenvalue weighted by atomic mass is 10.2. The Balaban J connectivity index is 1.92. The molecule has 2 aromatic rings. The number of nitrogens with one attached hydrogen (secondary N) is 2. The van der Waals surface area contributed by atoms with E-state index in [4.69, 9.17) is 9.47 Å². The van der Waals surface area contributed by atoms with Gasteiger partial charge in [0, 0.05) is 38.0 Å². The molecule has 0 bridgehead atoms. The van der Waals surface area contributed by atoms with Crippen LogP contribution in [0.3, 0.4) is 0 Å². The van der Waals surface area contributed by atoms with Crippen molar-refractivity contribution < 1.29 is 19.1 Å². The van der Waals surface area contributed by atoms with Crippen molar-refractivity contribution in [3.63, 3.8) is 0 Å². The molecular formula is C21H28N4O4. The molecule has 1 aromatic heterocycles. The molecule has 2 rings (SSSR count). The number of aromatic nitrogens is 1. The van der Waals surface area contributed by atoms with E-state index in [2.05, 4.69) is 15.6 Å². The third-order valence-corrected chi connectivity index (χ3v) is 3.98. The van der Waals surface area contributed by atoms with Gasteiger partial charge < -0.3 is 25.0 Å². The van der Waals surface area contributed by atoms with E-state index in [1.165, 1.54) is 0 Å². The molecule has 1 heterocycles. The average molecular weight is 400 g/mol. The maximum Gasteiger partial charge on any atom is 0.251 e. The predicted octanol–water partition coefficient (Wildman–Crippen LogP) is 1.99. The van der Waals surface area contributed by atoms with Gasteiger partial charge in [-0.05, 0) is 38.1 Å². The molecule has 8 nitrogen and oxygen atoms in total. The lowest BCUT2D eigenvalue weighted by molar-refractivity contribution is -0.120. The van der Waals surface area contributed by atoms with E-state index >= 15 is 0 Å². The van der Waals surface area contributed by atoms with Crippen LogP contribution in [0.15, 0.2) is 36.5 Å². The minimum Gasteiger partial charge on any atom is -0.490 e. The third kappa shape index (κ3) is 6.38. The van der Waals surface area contributed by atoms with Crippen molar-refractivity contribution in [3.05, 3.63) is 47.7 Å². The van der Waals surface area contributed by atoms with E-state index < -0.39 is 0 Å². The number of carbonyl (C=O) groups excluding carboxylic acids is 2. The molecule has 0 saturated heterocycles. The van der Waals surface area contributed by atoms with Gasteiger partial charge in [0.1, 0.15) is 5.82 Å². The number of ether oxygens (including phenoxy) is 2. The summed E-state index contributed by atoms with van der Waals surface area (Å²) in [7, 11) is 3.78. The maximum atomic E-state index is 12.4. The van der Waals surface area contributed by atoms with Crippen molar-refractivity contribution in [2.45, 2.75) is 20.4 Å². The zero-order valence-electron chi connectivity index (χ0n) is 17.3. The van der Waals surface area contributed by atoms with Crippen LogP contribution in [0, 0.1) is 0 Å². The van der Waals surface area contributed by atoms with Crippen LogP contribution in [0.1, 0.15) is 29.8 Å². The Kier molecular flexibility index (Phi) is 8.27. The number of carbonyl (C=O) groups is 2. The van der Waals surface area contributed by atoms with E-state index in [0.29, 0.717) is 36.8 Å². The lowest BCUT2D eigenvalue weighted by Gasteiger charge is -2.16. The summed E-state index contributed by atoms with van der Waals surface area (Å²) in [6.45, 7) is 4.88. The number of nitrogens with zero attached hydrogens (tertiary/aromatic N) is 2. The molecule has 8 heteroatoms. The number of anilines is 1. The standard InChI is InChI=1S/C21H28N4O4/c1-5-28-17-10-9-15(12-18(17)29-6-2)21(27)24-14-19(26)23-13-16-8-7-11-22-20(16)25(3)4/h7-12H,5-6,13-14H2,1-4H3,(H,23,26)(H,24,27). The third-order valence-electron chi connectivity index (χ3n) is 3.98. The molecule has 0 atom stereocenters. The first-order valence-electron chi connectivity index (χ1n) is 9.52. The van der Waals surface area contributed by atoms with E-state index in [-0.39, 0.29) is 18.4 Å². The molecule has 29 heavy (non-hydrogen) atoms. The fourth-order valence-electron chi connectivity index (χ4n) is 2.68. The SMILES string of the molecule is CCOc1ccc(C(=O)NCC(=O)NCc2cccnc2N(C)C)cc1OCC. The molecule has 2 N–H and O–H groups in total. The Bertz CT molecular complexity index is 839. The van der Waals surface area contributed by atoms with Crippen LogP contribution in [0.4, 0.5) is 5.82 Å². The van der Waals surface area contributed by atoms with E-state index in [1.807, 2.05) is 45.0 Å². The molecule has 0 saturated carbocycles. The van der Waals surface area contributed by atoms with Crippen LogP contribution in [-0.2, 0) is 11.3 Å². The maximum absolute atomic E-state index is 12.4. The largest absolute Gasteiger partial charge is 0.490 e. The van der Waals surface area contributed by atoms with Crippen LogP contribution in [0.5, 0.6) is 11.5 Å². The van der Waals surface area contributed by atoms with Crippen molar-refractivity contribution in [1.29, 1.82) is 0 Å². The second kappa shape index (κ2) is 10.9. The monoisotopic (exact) mass is 400 g/mol. The molecule has 0 aliphatic rings. The number of pyridine rings is 1. The van der Waals surface area contributed by atoms with Gasteiger partial charge in [0.2, 0.25) is 5.91 Å². The van der Waals surface area contributed by atoms with Gasteiger partial charge in [-0.25, -0.2) is 4.98 Å². The molecule has 156 valence electrons. The smallest absolute Gasteiger partial charge is 0.251 e. The highest BCUT2D eigenvalue weighted by molar-refractivity contribution is 5.97. The molecule has 2 amide bonds. The van der Waals surface area contributed by atoms with Gasteiger partial charge in [-0.3, -0.25) is 9.59 Å². The van der Waals surface area contributed by atoms with Crippen molar-refractivity contribution >= 4 is 17.6 Å². The van der Waals surface area contributed by atoms with Crippen molar-refractivity contribution in [2.75, 3.05) is 38.8 Å². The molecule has 0 aliphatic heterocycles. The number of hydrogen-bond acceptors (Lipinski definition) is 6. The number of hydrogen-bond donors (Lipinski definition) is 2. The van der Waals surface area contributed by atoms with Crippen molar-refractivity contribution in [2.24, 2.45) is 0 Å². The molecular weight excluding hydrogens is 372 g/mol. The second-order valence-electron chi connectivity index (χ2n) is 6.37. The highest BCUT2D eigenvalue weighted by atomic mass is 16.5. The van der Waals surface area contributed by atoms with Gasteiger partial charge in [0.15, 0.2) is 11.5 Å². The summed E-state index contributed by atoms with van der Waals surface area (Å²) < 4.78 is 11.0. The summed E-state index contributed by atoms with van der Waals surface area (Å²) >= 11 is 0. The molecule has 0 unspecified atom stereocenters. The Morgan fingerprint density at radius 1 is 1.03 bits per heavy atom. The summed E-state index contributed by atoms with van der Waals surface area (Å²) in [5.74, 6) is 1.22. The van der Waals surface area contributed by atoms with Crippen LogP contribution in [-0.4, -0.2) is 50.7 Å². The first-order chi connectivity index (χ1) is 14.0. The highest BCUT2D eigenvalue weighted by Crippen LogP contribution is 2.28. The quantitative estimate of drug-likeness (QED) is 0.634. The summed E-state index contributed by atoms with van der Waals surface area (Å²) in [6.07, 6.45) is 1.70. The predicted molar refractivity (Wildman–Crippen MR) is 112 cm³/mol. The molecule has 1 aromatic carbocycles. The minimum atomic E-state index is -0.362. The Morgan fingerprint density at radius 2 is 1.76 bits per heavy atom. The average Bonchev–Trinajstić information content (AvgIpc) is 2.72. The Hall–Kier alpha value is -3.29. The number of amides is 2. The summed E-state index contributed by atoms with van der Waals surface area (Å²) in [4.78, 5) is 30.7. The molecule has 0 radical (unpaired) electrons. The number of benzene rings is 1. The van der Waals surface area contributed by atoms with Gasteiger partial charge in [-0.2, -0.15) is 0 Å². The van der Waals surface area contributed by atoms with Crippen LogP contribution < -0.4 is 25.0 Å². The van der Waals surface area contributed by atoms with Gasteiger partial charge >= 0.3 is 0 Å². The van der Waals surface area contributed by atoms with E-state index in [9.17, 15) is 9.59 Å². The molecule has 0 spiro atoms. The van der Waals surface area contributed by atoms with E-state index in [0.717, 1.165) is 11.4 Å². The Morgan fingerprint density at radius 3 is 2.45 bits per heavy atom. The Labute approximate surface area is 171 Å². The van der Waals surface area contributed by atoms with Crippen molar-refractivity contribution in [1.82, 2.24) is 15.6 Å². The summed E-state index contributed by atoms with van der Waals surface area (Å²) in [6, 6.07) is 8.66. The normalized spacial score (nSPS) is 10.2. The van der Waals surface area contributed by atoms with Crippen LogP contribution in [0.25, 0.3) is 0 Å². The van der Waals surface area contributed by atoms with Gasteiger partial charge in [-0.15, -0.1) is 0 Å². The van der Waals surface area contributed by atoms with Crippen LogP contribution >= 0.6 is 0 Å². The van der Waals surface area contributed by atoms with Gasteiger partial charge in [-0.1, -0.05) is 6.07 Å². The summed E-state index contributed by atoms with van der Waals surface area (Å²) in [5.41, 5.74) is 1.29. The highest BCUT2D eigenvalue weighted by Gasteiger charge is 2.13. The summed E-state index contributed by atoms with van der Waals surface area (Å²) in [5, 5.41) is 5.41. The molecule has 0 aliphatic carbocycles.